The van der Waals surface area contributed by atoms with Gasteiger partial charge in [-0.05, 0) is 16.8 Å². The molecule has 2 aromatic carbocycles. The molecule has 1 N–H and O–H groups in total. The lowest BCUT2D eigenvalue weighted by Gasteiger charge is -2.04. The van der Waals surface area contributed by atoms with Gasteiger partial charge < -0.3 is 5.11 Å². The number of aliphatic hydroxyl groups excluding tert-OH is 1. The molecule has 4 heteroatoms. The minimum Gasteiger partial charge on any atom is -0.394 e. The Hall–Kier alpha value is -2.46. The Bertz CT molecular complexity index is 854. The summed E-state index contributed by atoms with van der Waals surface area (Å²) < 4.78 is 1.80. The van der Waals surface area contributed by atoms with Crippen molar-refractivity contribution < 1.29 is 5.11 Å². The van der Waals surface area contributed by atoms with E-state index >= 15 is 0 Å². The molecule has 0 bridgehead atoms. The van der Waals surface area contributed by atoms with Gasteiger partial charge in [-0.3, -0.25) is 9.67 Å². The van der Waals surface area contributed by atoms with Gasteiger partial charge in [0.15, 0.2) is 0 Å². The van der Waals surface area contributed by atoms with Crippen molar-refractivity contribution in [1.82, 2.24) is 14.8 Å². The number of fused-ring (bicyclic) bond motifs is 6. The van der Waals surface area contributed by atoms with Crippen LogP contribution in [0.2, 0.25) is 0 Å². The highest BCUT2D eigenvalue weighted by Gasteiger charge is 2.11. The van der Waals surface area contributed by atoms with Crippen LogP contribution in [0.4, 0.5) is 0 Å². The molecule has 0 saturated heterocycles. The fourth-order valence-corrected chi connectivity index (χ4v) is 2.80. The molecule has 0 spiro atoms. The molecular weight excluding hydrogens is 250 g/mol. The minimum atomic E-state index is 0.0887. The lowest BCUT2D eigenvalue weighted by molar-refractivity contribution is 0.270. The van der Waals surface area contributed by atoms with Crippen LogP contribution in [0.1, 0.15) is 0 Å². The normalized spacial score (nSPS) is 11.7. The predicted octanol–water partition coefficient (Wildman–Crippen LogP) is 2.73. The lowest BCUT2D eigenvalue weighted by atomic mass is 10.0. The number of hydrogen-bond acceptors (Lipinski definition) is 3. The van der Waals surface area contributed by atoms with E-state index in [4.69, 9.17) is 5.11 Å². The summed E-state index contributed by atoms with van der Waals surface area (Å²) in [6, 6.07) is 10.3. The average Bonchev–Trinajstić information content (AvgIpc) is 2.92. The number of aliphatic hydroxyl groups is 1. The van der Waals surface area contributed by atoms with Crippen molar-refractivity contribution in [1.29, 1.82) is 0 Å². The first-order valence-corrected chi connectivity index (χ1v) is 6.61. The first kappa shape index (κ1) is 11.4. The zero-order valence-electron chi connectivity index (χ0n) is 10.8. The van der Waals surface area contributed by atoms with E-state index in [0.29, 0.717) is 6.54 Å². The Kier molecular flexibility index (Phi) is 2.44. The fraction of sp³-hybridized carbons (Fsp3) is 0.125. The van der Waals surface area contributed by atoms with Crippen molar-refractivity contribution in [2.45, 2.75) is 6.54 Å². The van der Waals surface area contributed by atoms with E-state index in [9.17, 15) is 0 Å². The summed E-state index contributed by atoms with van der Waals surface area (Å²) in [6.45, 7) is 0.598. The summed E-state index contributed by atoms with van der Waals surface area (Å²) in [4.78, 5) is 4.25. The molecule has 0 atom stereocenters. The SMILES string of the molecule is OCCn1cc2c3ccncc3c3ccccc3c2n1. The van der Waals surface area contributed by atoms with E-state index in [1.54, 1.807) is 10.9 Å². The molecule has 4 nitrogen and oxygen atoms in total. The summed E-state index contributed by atoms with van der Waals surface area (Å²) in [7, 11) is 0. The summed E-state index contributed by atoms with van der Waals surface area (Å²) in [5.41, 5.74) is 0.979. The van der Waals surface area contributed by atoms with E-state index in [1.165, 1.54) is 0 Å². The molecule has 2 aromatic heterocycles. The van der Waals surface area contributed by atoms with Crippen LogP contribution in [0.3, 0.4) is 0 Å². The highest BCUT2D eigenvalue weighted by Crippen LogP contribution is 2.33. The molecule has 0 aliphatic carbocycles. The topological polar surface area (TPSA) is 50.9 Å². The standard InChI is InChI=1S/C16H13N3O/c20-8-7-19-10-15-12-5-6-17-9-14(12)11-3-1-2-4-13(11)16(15)18-19/h1-6,9-10,20H,7-8H2. The molecule has 0 unspecified atom stereocenters. The first-order valence-electron chi connectivity index (χ1n) is 6.61. The maximum atomic E-state index is 9.10. The summed E-state index contributed by atoms with van der Waals surface area (Å²) in [5, 5.41) is 19.4. The highest BCUT2D eigenvalue weighted by molar-refractivity contribution is 6.23. The Morgan fingerprint density at radius 1 is 0.950 bits per heavy atom. The number of aromatic nitrogens is 3. The van der Waals surface area contributed by atoms with Gasteiger partial charge in [0.25, 0.3) is 0 Å². The van der Waals surface area contributed by atoms with Gasteiger partial charge >= 0.3 is 0 Å². The van der Waals surface area contributed by atoms with Crippen molar-refractivity contribution in [2.24, 2.45) is 0 Å². The Morgan fingerprint density at radius 3 is 2.60 bits per heavy atom. The summed E-state index contributed by atoms with van der Waals surface area (Å²) in [6.07, 6.45) is 5.71. The molecule has 0 fully saturated rings. The van der Waals surface area contributed by atoms with Crippen molar-refractivity contribution >= 4 is 32.4 Å². The second-order valence-electron chi connectivity index (χ2n) is 4.84. The van der Waals surface area contributed by atoms with E-state index in [2.05, 4.69) is 22.2 Å². The zero-order chi connectivity index (χ0) is 13.5. The van der Waals surface area contributed by atoms with Gasteiger partial charge in [0.2, 0.25) is 0 Å². The summed E-state index contributed by atoms with van der Waals surface area (Å²) >= 11 is 0. The molecule has 2 heterocycles. The van der Waals surface area contributed by atoms with Crippen molar-refractivity contribution in [3.63, 3.8) is 0 Å². The maximum Gasteiger partial charge on any atom is 0.101 e. The first-order chi connectivity index (χ1) is 9.88. The quantitative estimate of drug-likeness (QED) is 0.566. The van der Waals surface area contributed by atoms with Gasteiger partial charge in [0, 0.05) is 34.7 Å². The molecule has 0 saturated carbocycles. The molecule has 0 aliphatic heterocycles. The molecule has 0 amide bonds. The number of nitrogens with zero attached hydrogens (tertiary/aromatic N) is 3. The number of rotatable bonds is 2. The molecular formula is C16H13N3O. The smallest absolute Gasteiger partial charge is 0.101 e. The third-order valence-electron chi connectivity index (χ3n) is 3.67. The molecule has 98 valence electrons. The number of hydrogen-bond donors (Lipinski definition) is 1. The maximum absolute atomic E-state index is 9.10. The monoisotopic (exact) mass is 263 g/mol. The Morgan fingerprint density at radius 2 is 1.75 bits per heavy atom. The summed E-state index contributed by atoms with van der Waals surface area (Å²) in [5.74, 6) is 0. The van der Waals surface area contributed by atoms with Gasteiger partial charge in [-0.1, -0.05) is 24.3 Å². The second kappa shape index (κ2) is 4.28. The third-order valence-corrected chi connectivity index (χ3v) is 3.67. The average molecular weight is 263 g/mol. The van der Waals surface area contributed by atoms with Crippen LogP contribution >= 0.6 is 0 Å². The van der Waals surface area contributed by atoms with Crippen LogP contribution < -0.4 is 0 Å². The van der Waals surface area contributed by atoms with Crippen LogP contribution in [0.25, 0.3) is 32.4 Å². The van der Waals surface area contributed by atoms with E-state index < -0.39 is 0 Å². The fourth-order valence-electron chi connectivity index (χ4n) is 2.80. The third kappa shape index (κ3) is 1.52. The van der Waals surface area contributed by atoms with Crippen LogP contribution in [0.5, 0.6) is 0 Å². The van der Waals surface area contributed by atoms with Gasteiger partial charge in [0.1, 0.15) is 5.52 Å². The molecule has 20 heavy (non-hydrogen) atoms. The van der Waals surface area contributed by atoms with Crippen molar-refractivity contribution in [2.75, 3.05) is 6.61 Å². The Labute approximate surface area is 115 Å². The zero-order valence-corrected chi connectivity index (χ0v) is 10.8. The van der Waals surface area contributed by atoms with Gasteiger partial charge in [0.05, 0.1) is 13.2 Å². The van der Waals surface area contributed by atoms with Crippen LogP contribution in [0.15, 0.2) is 48.9 Å². The van der Waals surface area contributed by atoms with Gasteiger partial charge in [-0.2, -0.15) is 5.10 Å². The number of benzene rings is 2. The van der Waals surface area contributed by atoms with Gasteiger partial charge in [-0.25, -0.2) is 0 Å². The number of pyridine rings is 1. The van der Waals surface area contributed by atoms with Gasteiger partial charge in [-0.15, -0.1) is 0 Å². The molecule has 0 aliphatic rings. The van der Waals surface area contributed by atoms with Crippen LogP contribution in [-0.2, 0) is 6.54 Å². The largest absolute Gasteiger partial charge is 0.394 e. The van der Waals surface area contributed by atoms with Crippen molar-refractivity contribution in [3.05, 3.63) is 48.9 Å². The molecule has 4 aromatic rings. The van der Waals surface area contributed by atoms with E-state index in [-0.39, 0.29) is 6.61 Å². The molecule has 4 rings (SSSR count). The van der Waals surface area contributed by atoms with Crippen LogP contribution in [0, 0.1) is 0 Å². The van der Waals surface area contributed by atoms with E-state index in [0.717, 1.165) is 32.4 Å². The van der Waals surface area contributed by atoms with Crippen LogP contribution in [-0.4, -0.2) is 26.5 Å². The van der Waals surface area contributed by atoms with E-state index in [1.807, 2.05) is 30.6 Å². The molecule has 0 radical (unpaired) electrons. The lowest BCUT2D eigenvalue weighted by Crippen LogP contribution is -2.01. The second-order valence-corrected chi connectivity index (χ2v) is 4.84. The van der Waals surface area contributed by atoms with Crippen molar-refractivity contribution in [3.8, 4) is 0 Å². The highest BCUT2D eigenvalue weighted by atomic mass is 16.3. The Balaban J connectivity index is 2.25. The predicted molar refractivity (Wildman–Crippen MR) is 79.6 cm³/mol. The minimum absolute atomic E-state index is 0.0887.